The van der Waals surface area contributed by atoms with Gasteiger partial charge in [-0.05, 0) is 12.8 Å². The summed E-state index contributed by atoms with van der Waals surface area (Å²) in [5.41, 5.74) is 0. The molecule has 0 aromatic carbocycles. The van der Waals surface area contributed by atoms with Crippen LogP contribution in [0.1, 0.15) is 187 Å². The molecule has 0 aliphatic carbocycles. The zero-order valence-electron chi connectivity index (χ0n) is 24.1. The lowest BCUT2D eigenvalue weighted by Gasteiger charge is -2.10. The average molecular weight is 497 g/mol. The van der Waals surface area contributed by atoms with Gasteiger partial charge in [0.05, 0.1) is 6.61 Å². The number of unbranched alkanes of at least 4 members (excludes halogenated alkanes) is 24. The highest BCUT2D eigenvalue weighted by atomic mass is 16.5. The highest BCUT2D eigenvalue weighted by Gasteiger charge is 2.15. The van der Waals surface area contributed by atoms with Crippen LogP contribution in [-0.4, -0.2) is 23.8 Å². The first kappa shape index (κ1) is 34.4. The number of hydrogen-bond donors (Lipinski definition) is 1. The van der Waals surface area contributed by atoms with Crippen molar-refractivity contribution < 1.29 is 14.6 Å². The van der Waals surface area contributed by atoms with E-state index in [1.807, 2.05) is 0 Å². The van der Waals surface area contributed by atoms with Crippen LogP contribution in [-0.2, 0) is 9.53 Å². The molecule has 210 valence electrons. The fraction of sp³-hybridized carbons (Fsp3) is 0.969. The van der Waals surface area contributed by atoms with Crippen LogP contribution in [0.5, 0.6) is 0 Å². The Bertz CT molecular complexity index is 410. The Morgan fingerprint density at radius 1 is 0.486 bits per heavy atom. The lowest BCUT2D eigenvalue weighted by molar-refractivity contribution is -0.154. The van der Waals surface area contributed by atoms with Gasteiger partial charge in [0.25, 0.3) is 0 Å². The van der Waals surface area contributed by atoms with E-state index in [-0.39, 0.29) is 0 Å². The standard InChI is InChI=1S/C32H64O3/c1-3-5-7-9-11-13-15-17-18-20-22-24-26-28-30-35-32(34)31(33)29-27-25-23-21-19-16-14-12-10-8-6-4-2/h31,33H,3-30H2,1-2H3. The molecule has 0 spiro atoms. The maximum Gasteiger partial charge on any atom is 0.334 e. The molecule has 0 amide bonds. The second-order valence-corrected chi connectivity index (χ2v) is 11.0. The minimum absolute atomic E-state index is 0.414. The van der Waals surface area contributed by atoms with E-state index in [1.165, 1.54) is 141 Å². The molecule has 35 heavy (non-hydrogen) atoms. The summed E-state index contributed by atoms with van der Waals surface area (Å²) in [5.74, 6) is -0.414. The van der Waals surface area contributed by atoms with Gasteiger partial charge in [-0.15, -0.1) is 0 Å². The average Bonchev–Trinajstić information content (AvgIpc) is 2.86. The minimum atomic E-state index is -0.926. The van der Waals surface area contributed by atoms with Gasteiger partial charge in [0.15, 0.2) is 6.10 Å². The van der Waals surface area contributed by atoms with E-state index >= 15 is 0 Å². The van der Waals surface area contributed by atoms with Gasteiger partial charge < -0.3 is 9.84 Å². The Morgan fingerprint density at radius 2 is 0.771 bits per heavy atom. The van der Waals surface area contributed by atoms with E-state index in [9.17, 15) is 9.90 Å². The predicted molar refractivity (Wildman–Crippen MR) is 153 cm³/mol. The van der Waals surface area contributed by atoms with E-state index in [2.05, 4.69) is 13.8 Å². The summed E-state index contributed by atoms with van der Waals surface area (Å²) in [5, 5.41) is 10.0. The van der Waals surface area contributed by atoms with Gasteiger partial charge in [0.1, 0.15) is 0 Å². The maximum absolute atomic E-state index is 11.9. The molecular formula is C32H64O3. The number of rotatable bonds is 29. The third kappa shape index (κ3) is 27.9. The van der Waals surface area contributed by atoms with Crippen LogP contribution in [0, 0.1) is 0 Å². The quantitative estimate of drug-likeness (QED) is 0.0827. The third-order valence-electron chi connectivity index (χ3n) is 7.35. The number of carbonyl (C=O) groups is 1. The summed E-state index contributed by atoms with van der Waals surface area (Å²) in [7, 11) is 0. The summed E-state index contributed by atoms with van der Waals surface area (Å²) < 4.78 is 5.28. The van der Waals surface area contributed by atoms with Gasteiger partial charge in [-0.2, -0.15) is 0 Å². The second kappa shape index (κ2) is 29.7. The van der Waals surface area contributed by atoms with Crippen LogP contribution in [0.2, 0.25) is 0 Å². The Labute approximate surface area is 220 Å². The Balaban J connectivity index is 3.28. The van der Waals surface area contributed by atoms with Crippen LogP contribution in [0.25, 0.3) is 0 Å². The third-order valence-corrected chi connectivity index (χ3v) is 7.35. The van der Waals surface area contributed by atoms with Crippen molar-refractivity contribution in [1.29, 1.82) is 0 Å². The van der Waals surface area contributed by atoms with E-state index in [0.717, 1.165) is 25.7 Å². The van der Waals surface area contributed by atoms with Gasteiger partial charge in [0, 0.05) is 0 Å². The molecule has 0 rings (SSSR count). The fourth-order valence-corrected chi connectivity index (χ4v) is 4.86. The molecule has 1 N–H and O–H groups in total. The largest absolute Gasteiger partial charge is 0.464 e. The maximum atomic E-state index is 11.9. The summed E-state index contributed by atoms with van der Waals surface area (Å²) in [4.78, 5) is 11.9. The Morgan fingerprint density at radius 3 is 1.11 bits per heavy atom. The van der Waals surface area contributed by atoms with E-state index in [1.54, 1.807) is 0 Å². The first-order valence-corrected chi connectivity index (χ1v) is 16.1. The predicted octanol–water partition coefficient (Wildman–Crippen LogP) is 10.5. The van der Waals surface area contributed by atoms with E-state index < -0.39 is 12.1 Å². The van der Waals surface area contributed by atoms with Crippen molar-refractivity contribution >= 4 is 5.97 Å². The number of ether oxygens (including phenoxy) is 1. The van der Waals surface area contributed by atoms with Crippen LogP contribution >= 0.6 is 0 Å². The molecule has 0 fully saturated rings. The van der Waals surface area contributed by atoms with Crippen LogP contribution in [0.15, 0.2) is 0 Å². The molecule has 3 nitrogen and oxygen atoms in total. The van der Waals surface area contributed by atoms with Crippen molar-refractivity contribution in [2.24, 2.45) is 0 Å². The van der Waals surface area contributed by atoms with Crippen molar-refractivity contribution in [1.82, 2.24) is 0 Å². The van der Waals surface area contributed by atoms with Crippen molar-refractivity contribution in [2.45, 2.75) is 193 Å². The molecule has 0 radical (unpaired) electrons. The number of aliphatic hydroxyl groups excluding tert-OH is 1. The highest BCUT2D eigenvalue weighted by Crippen LogP contribution is 2.15. The molecule has 0 heterocycles. The first-order valence-electron chi connectivity index (χ1n) is 16.1. The number of carbonyl (C=O) groups excluding carboxylic acids is 1. The number of aliphatic hydroxyl groups is 1. The lowest BCUT2D eigenvalue weighted by atomic mass is 10.0. The molecule has 0 aromatic rings. The molecule has 1 unspecified atom stereocenters. The smallest absolute Gasteiger partial charge is 0.334 e. The normalized spacial score (nSPS) is 12.2. The van der Waals surface area contributed by atoms with Gasteiger partial charge in [-0.25, -0.2) is 4.79 Å². The monoisotopic (exact) mass is 496 g/mol. The fourth-order valence-electron chi connectivity index (χ4n) is 4.86. The zero-order chi connectivity index (χ0) is 25.7. The molecule has 1 atom stereocenters. The summed E-state index contributed by atoms with van der Waals surface area (Å²) >= 11 is 0. The second-order valence-electron chi connectivity index (χ2n) is 11.0. The lowest BCUT2D eigenvalue weighted by Crippen LogP contribution is -2.23. The Kier molecular flexibility index (Phi) is 29.2. The molecule has 0 saturated carbocycles. The molecule has 0 aromatic heterocycles. The Hall–Kier alpha value is -0.570. The van der Waals surface area contributed by atoms with Crippen molar-refractivity contribution in [3.05, 3.63) is 0 Å². The minimum Gasteiger partial charge on any atom is -0.464 e. The van der Waals surface area contributed by atoms with Gasteiger partial charge in [0.2, 0.25) is 0 Å². The molecular weight excluding hydrogens is 432 g/mol. The molecule has 0 aliphatic rings. The van der Waals surface area contributed by atoms with Crippen molar-refractivity contribution in [3.63, 3.8) is 0 Å². The van der Waals surface area contributed by atoms with Gasteiger partial charge in [-0.3, -0.25) is 0 Å². The summed E-state index contributed by atoms with van der Waals surface area (Å²) in [6.07, 6.45) is 33.7. The molecule has 0 saturated heterocycles. The first-order chi connectivity index (χ1) is 17.2. The molecule has 0 bridgehead atoms. The molecule has 0 aliphatic heterocycles. The highest BCUT2D eigenvalue weighted by molar-refractivity contribution is 5.74. The number of esters is 1. The van der Waals surface area contributed by atoms with Crippen molar-refractivity contribution in [2.75, 3.05) is 6.61 Å². The number of hydrogen-bond acceptors (Lipinski definition) is 3. The van der Waals surface area contributed by atoms with E-state index in [0.29, 0.717) is 13.0 Å². The van der Waals surface area contributed by atoms with Gasteiger partial charge >= 0.3 is 5.97 Å². The topological polar surface area (TPSA) is 46.5 Å². The van der Waals surface area contributed by atoms with Crippen LogP contribution < -0.4 is 0 Å². The van der Waals surface area contributed by atoms with Crippen LogP contribution in [0.3, 0.4) is 0 Å². The van der Waals surface area contributed by atoms with Crippen LogP contribution in [0.4, 0.5) is 0 Å². The summed E-state index contributed by atoms with van der Waals surface area (Å²) in [6.45, 7) is 5.01. The zero-order valence-corrected chi connectivity index (χ0v) is 24.1. The summed E-state index contributed by atoms with van der Waals surface area (Å²) in [6, 6.07) is 0. The van der Waals surface area contributed by atoms with Crippen molar-refractivity contribution in [3.8, 4) is 0 Å². The van der Waals surface area contributed by atoms with E-state index in [4.69, 9.17) is 4.74 Å². The SMILES string of the molecule is CCCCCCCCCCCCCCCCOC(=O)C(O)CCCCCCCCCCCCCC. The van der Waals surface area contributed by atoms with Gasteiger partial charge in [-0.1, -0.05) is 174 Å². The molecule has 3 heteroatoms.